The van der Waals surface area contributed by atoms with Gasteiger partial charge < -0.3 is 5.32 Å². The molecule has 1 heterocycles. The average Bonchev–Trinajstić information content (AvgIpc) is 2.90. The lowest BCUT2D eigenvalue weighted by atomic mass is 10.1. The van der Waals surface area contributed by atoms with Gasteiger partial charge in [-0.2, -0.15) is 0 Å². The van der Waals surface area contributed by atoms with Gasteiger partial charge in [0.1, 0.15) is 0 Å². The van der Waals surface area contributed by atoms with Crippen molar-refractivity contribution >= 4 is 70.0 Å². The Labute approximate surface area is 162 Å². The molecule has 0 atom stereocenters. The van der Waals surface area contributed by atoms with Gasteiger partial charge in [-0.15, -0.1) is 0 Å². The number of thiazole rings is 1. The molecule has 0 aliphatic rings. The van der Waals surface area contributed by atoms with E-state index >= 15 is 0 Å². The Morgan fingerprint density at radius 1 is 1.28 bits per heavy atom. The summed E-state index contributed by atoms with van der Waals surface area (Å²) in [5, 5.41) is 3.76. The number of hydrogen-bond donors (Lipinski definition) is 1. The van der Waals surface area contributed by atoms with Crippen molar-refractivity contribution in [2.45, 2.75) is 11.3 Å². The van der Waals surface area contributed by atoms with Crippen LogP contribution in [0, 0.1) is 0 Å². The lowest BCUT2D eigenvalue weighted by Crippen LogP contribution is -2.14. The third-order valence-corrected chi connectivity index (χ3v) is 6.42. The number of carbonyl (C=O) groups is 1. The van der Waals surface area contributed by atoms with Crippen molar-refractivity contribution in [3.8, 4) is 0 Å². The number of amides is 1. The highest BCUT2D eigenvalue weighted by Gasteiger charge is 2.13. The molecule has 5 nitrogen and oxygen atoms in total. The normalized spacial score (nSPS) is 11.6. The zero-order valence-corrected chi connectivity index (χ0v) is 16.9. The first-order chi connectivity index (χ1) is 11.7. The molecule has 3 aromatic rings. The fourth-order valence-electron chi connectivity index (χ4n) is 2.19. The quantitative estimate of drug-likeness (QED) is 0.631. The van der Waals surface area contributed by atoms with Crippen LogP contribution in [-0.4, -0.2) is 25.6 Å². The van der Waals surface area contributed by atoms with Gasteiger partial charge in [-0.3, -0.25) is 4.79 Å². The lowest BCUT2D eigenvalue weighted by Gasteiger charge is -2.04. The molecule has 0 bridgehead atoms. The molecule has 25 heavy (non-hydrogen) atoms. The number of halogens is 2. The van der Waals surface area contributed by atoms with Crippen molar-refractivity contribution in [1.29, 1.82) is 0 Å². The number of rotatable bonds is 4. The summed E-state index contributed by atoms with van der Waals surface area (Å²) < 4.78 is 24.7. The maximum absolute atomic E-state index is 12.2. The predicted molar refractivity (Wildman–Crippen MR) is 104 cm³/mol. The van der Waals surface area contributed by atoms with Crippen molar-refractivity contribution < 1.29 is 13.2 Å². The highest BCUT2D eigenvalue weighted by Crippen LogP contribution is 2.28. The second-order valence-electron chi connectivity index (χ2n) is 5.38. The Hall–Kier alpha value is -1.48. The van der Waals surface area contributed by atoms with Crippen LogP contribution in [-0.2, 0) is 21.1 Å². The summed E-state index contributed by atoms with van der Waals surface area (Å²) in [5.41, 5.74) is 1.45. The molecule has 0 aliphatic heterocycles. The van der Waals surface area contributed by atoms with Crippen molar-refractivity contribution in [1.82, 2.24) is 4.98 Å². The van der Waals surface area contributed by atoms with Crippen molar-refractivity contribution in [2.75, 3.05) is 11.6 Å². The molecule has 0 unspecified atom stereocenters. The van der Waals surface area contributed by atoms with Crippen molar-refractivity contribution in [2.24, 2.45) is 0 Å². The van der Waals surface area contributed by atoms with Gasteiger partial charge in [0.15, 0.2) is 15.0 Å². The van der Waals surface area contributed by atoms with Gasteiger partial charge in [-0.25, -0.2) is 13.4 Å². The number of nitrogens with zero attached hydrogens (tertiary/aromatic N) is 1. The summed E-state index contributed by atoms with van der Waals surface area (Å²) in [7, 11) is -3.28. The first-order valence-electron chi connectivity index (χ1n) is 7.07. The zero-order valence-electron chi connectivity index (χ0n) is 12.9. The Morgan fingerprint density at radius 3 is 2.72 bits per heavy atom. The van der Waals surface area contributed by atoms with E-state index < -0.39 is 9.84 Å². The van der Waals surface area contributed by atoms with Gasteiger partial charge in [0.05, 0.1) is 21.5 Å². The van der Waals surface area contributed by atoms with Crippen molar-refractivity contribution in [3.63, 3.8) is 0 Å². The third-order valence-electron chi connectivity index (χ3n) is 3.40. The molecule has 0 radical (unpaired) electrons. The van der Waals surface area contributed by atoms with Gasteiger partial charge in [0.25, 0.3) is 0 Å². The Morgan fingerprint density at radius 2 is 2.04 bits per heavy atom. The molecule has 3 rings (SSSR count). The van der Waals surface area contributed by atoms with E-state index in [1.165, 1.54) is 17.4 Å². The van der Waals surface area contributed by atoms with Crippen LogP contribution in [0.3, 0.4) is 0 Å². The molecular weight excluding hydrogens is 448 g/mol. The molecule has 0 saturated carbocycles. The van der Waals surface area contributed by atoms with E-state index in [0.717, 1.165) is 16.3 Å². The minimum absolute atomic E-state index is 0.169. The third kappa shape index (κ3) is 4.38. The molecule has 0 spiro atoms. The number of benzene rings is 2. The molecule has 0 saturated heterocycles. The number of anilines is 1. The smallest absolute Gasteiger partial charge is 0.230 e. The first kappa shape index (κ1) is 18.3. The van der Waals surface area contributed by atoms with E-state index in [0.29, 0.717) is 20.4 Å². The maximum atomic E-state index is 12.2. The van der Waals surface area contributed by atoms with Crippen LogP contribution in [0.1, 0.15) is 5.56 Å². The van der Waals surface area contributed by atoms with E-state index in [1.54, 1.807) is 30.3 Å². The summed E-state index contributed by atoms with van der Waals surface area (Å²) in [6, 6.07) is 9.94. The fourth-order valence-corrected chi connectivity index (χ4v) is 4.66. The molecule has 1 N–H and O–H groups in total. The number of hydrogen-bond acceptors (Lipinski definition) is 5. The molecule has 1 aromatic heterocycles. The lowest BCUT2D eigenvalue weighted by molar-refractivity contribution is -0.115. The van der Waals surface area contributed by atoms with E-state index in [2.05, 4.69) is 26.2 Å². The van der Waals surface area contributed by atoms with E-state index in [1.807, 2.05) is 0 Å². The summed E-state index contributed by atoms with van der Waals surface area (Å²) in [5.74, 6) is -0.217. The minimum atomic E-state index is -3.28. The number of nitrogens with one attached hydrogen (secondary N) is 1. The highest BCUT2D eigenvalue weighted by atomic mass is 79.9. The Bertz CT molecular complexity index is 1080. The predicted octanol–water partition coefficient (Wildman–Crippen LogP) is 4.30. The second kappa shape index (κ2) is 7.03. The van der Waals surface area contributed by atoms with Crippen LogP contribution in [0.5, 0.6) is 0 Å². The fraction of sp³-hybridized carbons (Fsp3) is 0.125. The summed E-state index contributed by atoms with van der Waals surface area (Å²) >= 11 is 10.5. The number of sulfone groups is 1. The summed E-state index contributed by atoms with van der Waals surface area (Å²) in [6.07, 6.45) is 1.32. The Kier molecular flexibility index (Phi) is 5.15. The second-order valence-corrected chi connectivity index (χ2v) is 9.72. The van der Waals surface area contributed by atoms with E-state index in [-0.39, 0.29) is 17.2 Å². The van der Waals surface area contributed by atoms with E-state index in [4.69, 9.17) is 11.6 Å². The van der Waals surface area contributed by atoms with Crippen LogP contribution in [0.4, 0.5) is 5.13 Å². The molecule has 2 aromatic carbocycles. The standard InChI is InChI=1S/C16H12BrClN2O3S2/c1-25(22,23)11-4-5-13-14(8-11)24-16(19-13)20-15(21)6-9-2-3-10(18)7-12(9)17/h2-5,7-8H,6H2,1H3,(H,19,20,21). The molecule has 1 amide bonds. The molecule has 0 aliphatic carbocycles. The van der Waals surface area contributed by atoms with Crippen LogP contribution >= 0.6 is 38.9 Å². The molecule has 9 heteroatoms. The number of fused-ring (bicyclic) bond motifs is 1. The largest absolute Gasteiger partial charge is 0.302 e. The molecule has 130 valence electrons. The summed E-state index contributed by atoms with van der Waals surface area (Å²) in [4.78, 5) is 16.8. The van der Waals surface area contributed by atoms with Gasteiger partial charge in [0.2, 0.25) is 5.91 Å². The van der Waals surface area contributed by atoms with Gasteiger partial charge >= 0.3 is 0 Å². The topological polar surface area (TPSA) is 76.1 Å². The van der Waals surface area contributed by atoms with E-state index in [9.17, 15) is 13.2 Å². The molecule has 0 fully saturated rings. The van der Waals surface area contributed by atoms with Crippen molar-refractivity contribution in [3.05, 3.63) is 51.5 Å². The number of aromatic nitrogens is 1. The average molecular weight is 460 g/mol. The maximum Gasteiger partial charge on any atom is 0.230 e. The zero-order chi connectivity index (χ0) is 18.2. The molecular formula is C16H12BrClN2O3S2. The SMILES string of the molecule is CS(=O)(=O)c1ccc2nc(NC(=O)Cc3ccc(Cl)cc3Br)sc2c1. The minimum Gasteiger partial charge on any atom is -0.302 e. The first-order valence-corrected chi connectivity index (χ1v) is 10.9. The summed E-state index contributed by atoms with van der Waals surface area (Å²) in [6.45, 7) is 0. The van der Waals surface area contributed by atoms with Gasteiger partial charge in [-0.05, 0) is 35.9 Å². The van der Waals surface area contributed by atoms with Gasteiger partial charge in [0, 0.05) is 15.8 Å². The van der Waals surface area contributed by atoms with Crippen LogP contribution in [0.25, 0.3) is 10.2 Å². The van der Waals surface area contributed by atoms with Crippen LogP contribution in [0.15, 0.2) is 45.8 Å². The monoisotopic (exact) mass is 458 g/mol. The number of carbonyl (C=O) groups excluding carboxylic acids is 1. The highest BCUT2D eigenvalue weighted by molar-refractivity contribution is 9.10. The Balaban J connectivity index is 1.79. The van der Waals surface area contributed by atoms with Gasteiger partial charge in [-0.1, -0.05) is 44.9 Å². The van der Waals surface area contributed by atoms with Crippen LogP contribution in [0.2, 0.25) is 5.02 Å². The van der Waals surface area contributed by atoms with Crippen LogP contribution < -0.4 is 5.32 Å².